The third-order valence-corrected chi connectivity index (χ3v) is 5.01. The first-order valence-corrected chi connectivity index (χ1v) is 9.30. The van der Waals surface area contributed by atoms with E-state index in [1.54, 1.807) is 60.8 Å². The zero-order valence-electron chi connectivity index (χ0n) is 16.1. The Balaban J connectivity index is 1.92. The van der Waals surface area contributed by atoms with Gasteiger partial charge in [-0.05, 0) is 43.3 Å². The molecule has 1 fully saturated rings. The van der Waals surface area contributed by atoms with E-state index < -0.39 is 17.7 Å². The van der Waals surface area contributed by atoms with Crippen molar-refractivity contribution in [2.75, 3.05) is 4.90 Å². The van der Waals surface area contributed by atoms with Crippen molar-refractivity contribution >= 4 is 23.1 Å². The molecule has 0 aliphatic carbocycles. The van der Waals surface area contributed by atoms with Crippen LogP contribution in [0, 0.1) is 18.3 Å². The molecule has 6 heteroatoms. The number of aliphatic hydroxyl groups excluding tert-OH is 1. The van der Waals surface area contributed by atoms with E-state index in [0.29, 0.717) is 22.5 Å². The summed E-state index contributed by atoms with van der Waals surface area (Å²) in [6.07, 6.45) is 1.57. The Labute approximate surface area is 173 Å². The molecule has 1 aromatic heterocycles. The standard InChI is InChI=1S/C24H17N3O3/c1-15-5-9-17(10-6-15)22(28)20-21(19-4-2-3-13-26-19)27(24(30)23(20)29)18-11-7-16(14-25)8-12-18/h2-13,21,28H,1H3/b22-20-. The van der Waals surface area contributed by atoms with Gasteiger partial charge in [0.15, 0.2) is 0 Å². The molecule has 2 aromatic carbocycles. The Kier molecular flexibility index (Phi) is 4.87. The topological polar surface area (TPSA) is 94.3 Å². The summed E-state index contributed by atoms with van der Waals surface area (Å²) >= 11 is 0. The Morgan fingerprint density at radius 1 is 1.03 bits per heavy atom. The molecule has 1 N–H and O–H groups in total. The summed E-state index contributed by atoms with van der Waals surface area (Å²) in [5.41, 5.74) is 2.76. The number of aliphatic hydroxyl groups is 1. The van der Waals surface area contributed by atoms with Gasteiger partial charge in [0.05, 0.1) is 22.9 Å². The van der Waals surface area contributed by atoms with Gasteiger partial charge in [0.1, 0.15) is 11.8 Å². The molecule has 146 valence electrons. The molecule has 1 amide bonds. The van der Waals surface area contributed by atoms with Crippen LogP contribution in [-0.2, 0) is 9.59 Å². The highest BCUT2D eigenvalue weighted by Crippen LogP contribution is 2.41. The maximum atomic E-state index is 13.0. The molecule has 1 saturated heterocycles. The minimum Gasteiger partial charge on any atom is -0.507 e. The van der Waals surface area contributed by atoms with E-state index in [1.807, 2.05) is 25.1 Å². The number of pyridine rings is 1. The first-order chi connectivity index (χ1) is 14.5. The van der Waals surface area contributed by atoms with Crippen LogP contribution in [0.3, 0.4) is 0 Å². The van der Waals surface area contributed by atoms with E-state index >= 15 is 0 Å². The fourth-order valence-corrected chi connectivity index (χ4v) is 3.48. The van der Waals surface area contributed by atoms with Gasteiger partial charge in [-0.25, -0.2) is 0 Å². The van der Waals surface area contributed by atoms with Crippen LogP contribution in [0.2, 0.25) is 0 Å². The molecule has 0 radical (unpaired) electrons. The van der Waals surface area contributed by atoms with E-state index in [9.17, 15) is 14.7 Å². The highest BCUT2D eigenvalue weighted by atomic mass is 16.3. The maximum Gasteiger partial charge on any atom is 0.300 e. The Morgan fingerprint density at radius 3 is 2.33 bits per heavy atom. The molecule has 2 heterocycles. The van der Waals surface area contributed by atoms with Gasteiger partial charge in [0, 0.05) is 17.4 Å². The number of benzene rings is 2. The van der Waals surface area contributed by atoms with E-state index in [4.69, 9.17) is 5.26 Å². The summed E-state index contributed by atoms with van der Waals surface area (Å²) in [6, 6.07) is 19.7. The van der Waals surface area contributed by atoms with Crippen LogP contribution in [0.5, 0.6) is 0 Å². The number of nitrogens with zero attached hydrogens (tertiary/aromatic N) is 3. The molecule has 1 aliphatic heterocycles. The van der Waals surface area contributed by atoms with Gasteiger partial charge in [-0.1, -0.05) is 35.9 Å². The third kappa shape index (κ3) is 3.23. The van der Waals surface area contributed by atoms with Gasteiger partial charge in [0.25, 0.3) is 11.7 Å². The summed E-state index contributed by atoms with van der Waals surface area (Å²) < 4.78 is 0. The highest BCUT2D eigenvalue weighted by molar-refractivity contribution is 6.51. The predicted octanol–water partition coefficient (Wildman–Crippen LogP) is 3.89. The smallest absolute Gasteiger partial charge is 0.300 e. The van der Waals surface area contributed by atoms with Crippen molar-refractivity contribution in [2.24, 2.45) is 0 Å². The number of hydrogen-bond donors (Lipinski definition) is 1. The number of aromatic nitrogens is 1. The van der Waals surface area contributed by atoms with Crippen LogP contribution in [0.25, 0.3) is 5.76 Å². The number of aryl methyl sites for hydroxylation is 1. The van der Waals surface area contributed by atoms with Crippen LogP contribution in [-0.4, -0.2) is 21.8 Å². The summed E-state index contributed by atoms with van der Waals surface area (Å²) in [5, 5.41) is 20.0. The van der Waals surface area contributed by atoms with Crippen molar-refractivity contribution < 1.29 is 14.7 Å². The molecular weight excluding hydrogens is 378 g/mol. The fraction of sp³-hybridized carbons (Fsp3) is 0.0833. The minimum atomic E-state index is -0.888. The first kappa shape index (κ1) is 19.1. The zero-order chi connectivity index (χ0) is 21.3. The van der Waals surface area contributed by atoms with Crippen molar-refractivity contribution in [1.82, 2.24) is 4.98 Å². The molecular formula is C24H17N3O3. The second-order valence-corrected chi connectivity index (χ2v) is 6.95. The monoisotopic (exact) mass is 395 g/mol. The van der Waals surface area contributed by atoms with Gasteiger partial charge >= 0.3 is 0 Å². The number of nitriles is 1. The van der Waals surface area contributed by atoms with Gasteiger partial charge < -0.3 is 5.11 Å². The number of carbonyl (C=O) groups excluding carboxylic acids is 2. The maximum absolute atomic E-state index is 13.0. The predicted molar refractivity (Wildman–Crippen MR) is 111 cm³/mol. The van der Waals surface area contributed by atoms with Crippen molar-refractivity contribution in [3.05, 3.63) is 101 Å². The normalized spacial score (nSPS) is 17.7. The summed E-state index contributed by atoms with van der Waals surface area (Å²) in [5.74, 6) is -1.79. The SMILES string of the molecule is Cc1ccc(/C(O)=C2/C(=O)C(=O)N(c3ccc(C#N)cc3)C2c2ccccn2)cc1. The quantitative estimate of drug-likeness (QED) is 0.412. The molecule has 0 spiro atoms. The van der Waals surface area contributed by atoms with Crippen LogP contribution in [0.15, 0.2) is 78.5 Å². The summed E-state index contributed by atoms with van der Waals surface area (Å²) in [4.78, 5) is 31.6. The number of ketones is 1. The lowest BCUT2D eigenvalue weighted by molar-refractivity contribution is -0.132. The lowest BCUT2D eigenvalue weighted by atomic mass is 9.97. The van der Waals surface area contributed by atoms with E-state index in [-0.39, 0.29) is 11.3 Å². The largest absolute Gasteiger partial charge is 0.507 e. The van der Waals surface area contributed by atoms with E-state index in [0.717, 1.165) is 5.56 Å². The number of anilines is 1. The molecule has 0 saturated carbocycles. The lowest BCUT2D eigenvalue weighted by Gasteiger charge is -2.24. The first-order valence-electron chi connectivity index (χ1n) is 9.30. The molecule has 1 atom stereocenters. The van der Waals surface area contributed by atoms with Gasteiger partial charge in [-0.15, -0.1) is 0 Å². The zero-order valence-corrected chi connectivity index (χ0v) is 16.1. The average molecular weight is 395 g/mol. The number of hydrogen-bond acceptors (Lipinski definition) is 5. The minimum absolute atomic E-state index is 0.0214. The molecule has 1 unspecified atom stereocenters. The summed E-state index contributed by atoms with van der Waals surface area (Å²) in [6.45, 7) is 1.92. The average Bonchev–Trinajstić information content (AvgIpc) is 3.05. The van der Waals surface area contributed by atoms with Crippen LogP contribution in [0.1, 0.15) is 28.4 Å². The number of carbonyl (C=O) groups is 2. The molecule has 1 aliphatic rings. The second-order valence-electron chi connectivity index (χ2n) is 6.95. The van der Waals surface area contributed by atoms with Crippen molar-refractivity contribution in [3.63, 3.8) is 0 Å². The summed E-state index contributed by atoms with van der Waals surface area (Å²) in [7, 11) is 0. The van der Waals surface area contributed by atoms with Crippen LogP contribution in [0.4, 0.5) is 5.69 Å². The van der Waals surface area contributed by atoms with Gasteiger partial charge in [-0.3, -0.25) is 19.5 Å². The molecule has 4 rings (SSSR count). The molecule has 0 bridgehead atoms. The lowest BCUT2D eigenvalue weighted by Crippen LogP contribution is -2.29. The van der Waals surface area contributed by atoms with Crippen LogP contribution >= 0.6 is 0 Å². The van der Waals surface area contributed by atoms with Crippen molar-refractivity contribution in [1.29, 1.82) is 5.26 Å². The highest BCUT2D eigenvalue weighted by Gasteiger charge is 2.47. The van der Waals surface area contributed by atoms with Gasteiger partial charge in [0.2, 0.25) is 0 Å². The number of amides is 1. The van der Waals surface area contributed by atoms with Gasteiger partial charge in [-0.2, -0.15) is 5.26 Å². The number of Topliss-reactive ketones (excluding diaryl/α,β-unsaturated/α-hetero) is 1. The molecule has 3 aromatic rings. The van der Waals surface area contributed by atoms with Crippen molar-refractivity contribution in [2.45, 2.75) is 13.0 Å². The molecule has 6 nitrogen and oxygen atoms in total. The fourth-order valence-electron chi connectivity index (χ4n) is 3.48. The second kappa shape index (κ2) is 7.64. The van der Waals surface area contributed by atoms with E-state index in [2.05, 4.69) is 4.98 Å². The van der Waals surface area contributed by atoms with Crippen molar-refractivity contribution in [3.8, 4) is 6.07 Å². The number of rotatable bonds is 3. The van der Waals surface area contributed by atoms with E-state index in [1.165, 1.54) is 4.90 Å². The Bertz CT molecular complexity index is 1190. The Morgan fingerprint density at radius 2 is 1.73 bits per heavy atom. The third-order valence-electron chi connectivity index (χ3n) is 5.01. The molecule has 30 heavy (non-hydrogen) atoms. The van der Waals surface area contributed by atoms with Crippen LogP contribution < -0.4 is 4.90 Å². The Hall–Kier alpha value is -4.24.